The second-order valence-corrected chi connectivity index (χ2v) is 6.22. The van der Waals surface area contributed by atoms with Gasteiger partial charge in [0.15, 0.2) is 0 Å². The van der Waals surface area contributed by atoms with Gasteiger partial charge in [-0.25, -0.2) is 0 Å². The summed E-state index contributed by atoms with van der Waals surface area (Å²) in [5, 5.41) is 0. The SMILES string of the molecule is CN(Cc1ccccc1)C(=O)c1ccc(CN2C(=O)CCC2=O)cc1. The average Bonchev–Trinajstić information content (AvgIpc) is 2.94. The van der Waals surface area contributed by atoms with E-state index >= 15 is 0 Å². The van der Waals surface area contributed by atoms with Crippen molar-refractivity contribution in [3.63, 3.8) is 0 Å². The molecule has 0 radical (unpaired) electrons. The first kappa shape index (κ1) is 16.9. The molecular formula is C20H20N2O3. The van der Waals surface area contributed by atoms with E-state index in [0.717, 1.165) is 11.1 Å². The first-order valence-electron chi connectivity index (χ1n) is 8.26. The van der Waals surface area contributed by atoms with E-state index in [0.29, 0.717) is 24.9 Å². The quantitative estimate of drug-likeness (QED) is 0.789. The van der Waals surface area contributed by atoms with Gasteiger partial charge in [0.2, 0.25) is 11.8 Å². The molecule has 2 aromatic carbocycles. The Morgan fingerprint density at radius 2 is 1.52 bits per heavy atom. The molecule has 0 unspecified atom stereocenters. The Bertz CT molecular complexity index is 768. The fourth-order valence-corrected chi connectivity index (χ4v) is 2.88. The first-order chi connectivity index (χ1) is 12.0. The van der Waals surface area contributed by atoms with Crippen LogP contribution in [0.5, 0.6) is 0 Å². The number of likely N-dealkylation sites (tertiary alicyclic amines) is 1. The van der Waals surface area contributed by atoms with Gasteiger partial charge in [-0.05, 0) is 23.3 Å². The molecule has 1 fully saturated rings. The van der Waals surface area contributed by atoms with Crippen LogP contribution in [0, 0.1) is 0 Å². The van der Waals surface area contributed by atoms with Crippen LogP contribution in [0.3, 0.4) is 0 Å². The summed E-state index contributed by atoms with van der Waals surface area (Å²) in [6, 6.07) is 16.9. The number of rotatable bonds is 5. The van der Waals surface area contributed by atoms with E-state index in [4.69, 9.17) is 0 Å². The molecule has 0 saturated carbocycles. The minimum Gasteiger partial charge on any atom is -0.337 e. The molecule has 3 amide bonds. The average molecular weight is 336 g/mol. The molecule has 0 atom stereocenters. The van der Waals surface area contributed by atoms with E-state index in [1.54, 1.807) is 36.2 Å². The third-order valence-corrected chi connectivity index (χ3v) is 4.31. The number of carbonyl (C=O) groups excluding carboxylic acids is 3. The highest BCUT2D eigenvalue weighted by atomic mass is 16.2. The third-order valence-electron chi connectivity index (χ3n) is 4.31. The fraction of sp³-hybridized carbons (Fsp3) is 0.250. The second-order valence-electron chi connectivity index (χ2n) is 6.22. The van der Waals surface area contributed by atoms with Crippen molar-refractivity contribution < 1.29 is 14.4 Å². The van der Waals surface area contributed by atoms with Crippen molar-refractivity contribution in [1.82, 2.24) is 9.80 Å². The molecule has 5 heteroatoms. The summed E-state index contributed by atoms with van der Waals surface area (Å²) in [7, 11) is 1.77. The lowest BCUT2D eigenvalue weighted by molar-refractivity contribution is -0.139. The summed E-state index contributed by atoms with van der Waals surface area (Å²) in [5.74, 6) is -0.329. The zero-order valence-corrected chi connectivity index (χ0v) is 14.1. The summed E-state index contributed by atoms with van der Waals surface area (Å²) in [6.45, 7) is 0.810. The fourth-order valence-electron chi connectivity index (χ4n) is 2.88. The summed E-state index contributed by atoms with van der Waals surface area (Å²) >= 11 is 0. The molecule has 128 valence electrons. The largest absolute Gasteiger partial charge is 0.337 e. The van der Waals surface area contributed by atoms with Crippen molar-refractivity contribution in [3.05, 3.63) is 71.3 Å². The van der Waals surface area contributed by atoms with Crippen LogP contribution in [0.25, 0.3) is 0 Å². The van der Waals surface area contributed by atoms with Crippen molar-refractivity contribution in [2.24, 2.45) is 0 Å². The standard InChI is InChI=1S/C20H20N2O3/c1-21(13-15-5-3-2-4-6-15)20(25)17-9-7-16(8-10-17)14-22-18(23)11-12-19(22)24/h2-10H,11-14H2,1H3. The van der Waals surface area contributed by atoms with Gasteiger partial charge >= 0.3 is 0 Å². The van der Waals surface area contributed by atoms with Crippen molar-refractivity contribution in [2.45, 2.75) is 25.9 Å². The lowest BCUT2D eigenvalue weighted by Crippen LogP contribution is -2.28. The Morgan fingerprint density at radius 1 is 0.920 bits per heavy atom. The molecule has 0 aliphatic carbocycles. The minimum atomic E-state index is -0.132. The number of imide groups is 1. The van der Waals surface area contributed by atoms with Crippen molar-refractivity contribution in [1.29, 1.82) is 0 Å². The van der Waals surface area contributed by atoms with Gasteiger partial charge in [0, 0.05) is 32.0 Å². The van der Waals surface area contributed by atoms with Gasteiger partial charge in [-0.2, -0.15) is 0 Å². The Balaban J connectivity index is 1.64. The maximum absolute atomic E-state index is 12.5. The normalized spacial score (nSPS) is 14.0. The molecular weight excluding hydrogens is 316 g/mol. The number of benzene rings is 2. The molecule has 25 heavy (non-hydrogen) atoms. The molecule has 3 rings (SSSR count). The van der Waals surface area contributed by atoms with Crippen LogP contribution in [-0.2, 0) is 22.7 Å². The number of hydrogen-bond donors (Lipinski definition) is 0. The molecule has 0 bridgehead atoms. The molecule has 1 aliphatic heterocycles. The van der Waals surface area contributed by atoms with Crippen molar-refractivity contribution >= 4 is 17.7 Å². The molecule has 1 aliphatic rings. The second kappa shape index (κ2) is 7.30. The van der Waals surface area contributed by atoms with Crippen LogP contribution in [0.2, 0.25) is 0 Å². The van der Waals surface area contributed by atoms with Gasteiger partial charge < -0.3 is 4.90 Å². The number of hydrogen-bond acceptors (Lipinski definition) is 3. The summed E-state index contributed by atoms with van der Waals surface area (Å²) in [6.07, 6.45) is 0.583. The Labute approximate surface area is 146 Å². The van der Waals surface area contributed by atoms with Crippen LogP contribution in [0.15, 0.2) is 54.6 Å². The molecule has 1 saturated heterocycles. The molecule has 0 spiro atoms. The van der Waals surface area contributed by atoms with Crippen LogP contribution < -0.4 is 0 Å². The number of nitrogens with zero attached hydrogens (tertiary/aromatic N) is 2. The highest BCUT2D eigenvalue weighted by Crippen LogP contribution is 2.17. The third kappa shape index (κ3) is 3.94. The van der Waals surface area contributed by atoms with Gasteiger partial charge in [0.05, 0.1) is 6.54 Å². The summed E-state index contributed by atoms with van der Waals surface area (Å²) in [4.78, 5) is 38.8. The lowest BCUT2D eigenvalue weighted by Gasteiger charge is -2.18. The van der Waals surface area contributed by atoms with Crippen LogP contribution in [0.4, 0.5) is 0 Å². The first-order valence-corrected chi connectivity index (χ1v) is 8.26. The van der Waals surface area contributed by atoms with Gasteiger partial charge in [0.1, 0.15) is 0 Å². The van der Waals surface area contributed by atoms with E-state index in [9.17, 15) is 14.4 Å². The molecule has 0 aromatic heterocycles. The van der Waals surface area contributed by atoms with E-state index in [2.05, 4.69) is 0 Å². The van der Waals surface area contributed by atoms with Gasteiger partial charge in [-0.3, -0.25) is 19.3 Å². The van der Waals surface area contributed by atoms with E-state index in [-0.39, 0.29) is 24.3 Å². The van der Waals surface area contributed by atoms with Gasteiger partial charge in [-0.15, -0.1) is 0 Å². The van der Waals surface area contributed by atoms with Crippen LogP contribution in [0.1, 0.15) is 34.3 Å². The maximum atomic E-state index is 12.5. The molecule has 0 N–H and O–H groups in total. The van der Waals surface area contributed by atoms with Crippen molar-refractivity contribution in [2.75, 3.05) is 7.05 Å². The van der Waals surface area contributed by atoms with Crippen LogP contribution >= 0.6 is 0 Å². The van der Waals surface area contributed by atoms with Gasteiger partial charge in [0.25, 0.3) is 5.91 Å². The smallest absolute Gasteiger partial charge is 0.253 e. The maximum Gasteiger partial charge on any atom is 0.253 e. The Hall–Kier alpha value is -2.95. The highest BCUT2D eigenvalue weighted by Gasteiger charge is 2.28. The molecule has 5 nitrogen and oxygen atoms in total. The zero-order valence-electron chi connectivity index (χ0n) is 14.1. The summed E-state index contributed by atoms with van der Waals surface area (Å²) < 4.78 is 0. The predicted molar refractivity (Wildman–Crippen MR) is 93.5 cm³/mol. The number of carbonyl (C=O) groups is 3. The Morgan fingerprint density at radius 3 is 2.12 bits per heavy atom. The van der Waals surface area contributed by atoms with Crippen molar-refractivity contribution in [3.8, 4) is 0 Å². The van der Waals surface area contributed by atoms with Crippen LogP contribution in [-0.4, -0.2) is 34.6 Å². The highest BCUT2D eigenvalue weighted by molar-refractivity contribution is 6.01. The Kier molecular flexibility index (Phi) is 4.93. The van der Waals surface area contributed by atoms with E-state index in [1.807, 2.05) is 30.3 Å². The monoisotopic (exact) mass is 336 g/mol. The zero-order chi connectivity index (χ0) is 17.8. The summed E-state index contributed by atoms with van der Waals surface area (Å²) in [5.41, 5.74) is 2.49. The molecule has 1 heterocycles. The lowest BCUT2D eigenvalue weighted by atomic mass is 10.1. The number of amides is 3. The van der Waals surface area contributed by atoms with Gasteiger partial charge in [-0.1, -0.05) is 42.5 Å². The topological polar surface area (TPSA) is 57.7 Å². The molecule has 2 aromatic rings. The predicted octanol–water partition coefficient (Wildman–Crippen LogP) is 2.61. The minimum absolute atomic E-state index is 0.0660. The van der Waals surface area contributed by atoms with E-state index < -0.39 is 0 Å². The van der Waals surface area contributed by atoms with E-state index in [1.165, 1.54) is 4.90 Å².